The number of thiazole rings is 1. The topological polar surface area (TPSA) is 71.3 Å². The molecule has 2 amide bonds. The van der Waals surface area contributed by atoms with Crippen molar-refractivity contribution in [2.75, 3.05) is 26.2 Å². The third-order valence-electron chi connectivity index (χ3n) is 5.01. The summed E-state index contributed by atoms with van der Waals surface area (Å²) in [7, 11) is 0. The van der Waals surface area contributed by atoms with Crippen molar-refractivity contribution in [1.29, 1.82) is 0 Å². The summed E-state index contributed by atoms with van der Waals surface area (Å²) in [6.07, 6.45) is 5.79. The Balaban J connectivity index is 1.55. The summed E-state index contributed by atoms with van der Waals surface area (Å²) in [6, 6.07) is 1.85. The molecule has 2 aromatic heterocycles. The number of hydrogen-bond donors (Lipinski definition) is 0. The van der Waals surface area contributed by atoms with Crippen LogP contribution in [0, 0.1) is 0 Å². The molecule has 0 aromatic carbocycles. The maximum Gasteiger partial charge on any atom is 0.273 e. The van der Waals surface area contributed by atoms with Crippen LogP contribution in [0.2, 0.25) is 0 Å². The highest BCUT2D eigenvalue weighted by molar-refractivity contribution is 7.07. The summed E-state index contributed by atoms with van der Waals surface area (Å²) in [5.41, 5.74) is 1.49. The van der Waals surface area contributed by atoms with Gasteiger partial charge in [-0.05, 0) is 25.3 Å². The van der Waals surface area contributed by atoms with Gasteiger partial charge in [-0.15, -0.1) is 11.3 Å². The number of rotatable bonds is 3. The Hall–Kier alpha value is -2.22. The summed E-state index contributed by atoms with van der Waals surface area (Å²) >= 11 is 1.42. The van der Waals surface area contributed by atoms with Crippen LogP contribution in [-0.2, 0) is 10.3 Å². The first-order valence-electron chi connectivity index (χ1n) is 8.18. The highest BCUT2D eigenvalue weighted by Crippen LogP contribution is 2.33. The highest BCUT2D eigenvalue weighted by atomic mass is 32.1. The largest absolute Gasteiger partial charge is 0.340 e. The molecular formula is C16H19N5O2S. The van der Waals surface area contributed by atoms with Gasteiger partial charge in [-0.2, -0.15) is 5.10 Å². The monoisotopic (exact) mass is 345 g/mol. The molecule has 24 heavy (non-hydrogen) atoms. The van der Waals surface area contributed by atoms with Crippen LogP contribution in [0.25, 0.3) is 0 Å². The quantitative estimate of drug-likeness (QED) is 0.838. The molecule has 4 rings (SSSR count). The number of piperidine rings is 1. The first-order chi connectivity index (χ1) is 11.7. The number of aromatic nitrogens is 3. The van der Waals surface area contributed by atoms with Crippen molar-refractivity contribution in [3.8, 4) is 0 Å². The lowest BCUT2D eigenvalue weighted by molar-refractivity contribution is -0.147. The Morgan fingerprint density at radius 1 is 1.12 bits per heavy atom. The zero-order valence-corrected chi connectivity index (χ0v) is 14.1. The number of amides is 2. The fraction of sp³-hybridized carbons (Fsp3) is 0.500. The Morgan fingerprint density at radius 2 is 1.92 bits per heavy atom. The molecule has 2 aromatic rings. The van der Waals surface area contributed by atoms with Gasteiger partial charge in [-0.1, -0.05) is 0 Å². The SMILES string of the molecule is O=C(c1cscn1)N1CCC(C(=O)N2CCC2)(n2cccn2)CC1. The van der Waals surface area contributed by atoms with Gasteiger partial charge in [0.05, 0.1) is 5.51 Å². The highest BCUT2D eigenvalue weighted by Gasteiger charge is 2.47. The number of likely N-dealkylation sites (tertiary alicyclic amines) is 2. The molecule has 2 saturated heterocycles. The Bertz CT molecular complexity index is 716. The first-order valence-corrected chi connectivity index (χ1v) is 9.12. The van der Waals surface area contributed by atoms with Gasteiger partial charge in [0.1, 0.15) is 11.2 Å². The first kappa shape index (κ1) is 15.3. The zero-order valence-electron chi connectivity index (χ0n) is 13.3. The number of hydrogen-bond acceptors (Lipinski definition) is 5. The van der Waals surface area contributed by atoms with Gasteiger partial charge in [0.25, 0.3) is 11.8 Å². The van der Waals surface area contributed by atoms with Gasteiger partial charge in [0, 0.05) is 44.0 Å². The molecule has 0 unspecified atom stereocenters. The van der Waals surface area contributed by atoms with Gasteiger partial charge >= 0.3 is 0 Å². The van der Waals surface area contributed by atoms with Gasteiger partial charge in [0.2, 0.25) is 0 Å². The van der Waals surface area contributed by atoms with E-state index in [1.54, 1.807) is 26.7 Å². The molecule has 2 fully saturated rings. The predicted molar refractivity (Wildman–Crippen MR) is 88.6 cm³/mol. The van der Waals surface area contributed by atoms with Crippen molar-refractivity contribution in [1.82, 2.24) is 24.6 Å². The molecule has 2 aliphatic rings. The van der Waals surface area contributed by atoms with E-state index in [1.807, 2.05) is 17.2 Å². The predicted octanol–water partition coefficient (Wildman–Crippen LogP) is 1.20. The van der Waals surface area contributed by atoms with E-state index in [0.717, 1.165) is 19.5 Å². The molecular weight excluding hydrogens is 326 g/mol. The molecule has 2 aliphatic heterocycles. The lowest BCUT2D eigenvalue weighted by Crippen LogP contribution is -2.59. The minimum Gasteiger partial charge on any atom is -0.340 e. The Labute approximate surface area is 143 Å². The van der Waals surface area contributed by atoms with Crippen LogP contribution < -0.4 is 0 Å². The lowest BCUT2D eigenvalue weighted by Gasteiger charge is -2.45. The van der Waals surface area contributed by atoms with Crippen LogP contribution in [0.4, 0.5) is 0 Å². The van der Waals surface area contributed by atoms with Crippen LogP contribution >= 0.6 is 11.3 Å². The Kier molecular flexibility index (Phi) is 3.84. The van der Waals surface area contributed by atoms with Crippen molar-refractivity contribution in [2.24, 2.45) is 0 Å². The van der Waals surface area contributed by atoms with Gasteiger partial charge in [0.15, 0.2) is 0 Å². The molecule has 126 valence electrons. The molecule has 7 nitrogen and oxygen atoms in total. The standard InChI is InChI=1S/C16H19N5O2S/c22-14(13-11-24-12-17-13)19-9-3-16(4-10-19,21-8-1-5-18-21)15(23)20-6-2-7-20/h1,5,8,11-12H,2-4,6-7,9-10H2. The fourth-order valence-electron chi connectivity index (χ4n) is 3.44. The average Bonchev–Trinajstić information content (AvgIpc) is 3.26. The van der Waals surface area contributed by atoms with Crippen molar-refractivity contribution in [2.45, 2.75) is 24.8 Å². The van der Waals surface area contributed by atoms with Gasteiger partial charge in [-0.3, -0.25) is 14.3 Å². The second-order valence-corrected chi connectivity index (χ2v) is 7.01. The Morgan fingerprint density at radius 3 is 2.46 bits per heavy atom. The number of carbonyl (C=O) groups is 2. The summed E-state index contributed by atoms with van der Waals surface area (Å²) < 4.78 is 1.79. The summed E-state index contributed by atoms with van der Waals surface area (Å²) in [5.74, 6) is 0.0833. The van der Waals surface area contributed by atoms with Crippen molar-refractivity contribution in [3.63, 3.8) is 0 Å². The van der Waals surface area contributed by atoms with E-state index < -0.39 is 5.54 Å². The van der Waals surface area contributed by atoms with Crippen LogP contribution in [-0.4, -0.2) is 62.6 Å². The molecule has 0 atom stereocenters. The zero-order chi connectivity index (χ0) is 16.6. The fourth-order valence-corrected chi connectivity index (χ4v) is 3.96. The summed E-state index contributed by atoms with van der Waals surface area (Å²) in [5, 5.41) is 6.12. The smallest absolute Gasteiger partial charge is 0.273 e. The number of carbonyl (C=O) groups excluding carboxylic acids is 2. The maximum atomic E-state index is 13.1. The van der Waals surface area contributed by atoms with E-state index in [9.17, 15) is 9.59 Å². The van der Waals surface area contributed by atoms with Crippen molar-refractivity contribution < 1.29 is 9.59 Å². The summed E-state index contributed by atoms with van der Waals surface area (Å²) in [4.78, 5) is 33.3. The minimum atomic E-state index is -0.664. The van der Waals surface area contributed by atoms with E-state index in [2.05, 4.69) is 10.1 Å². The normalized spacial score (nSPS) is 19.8. The molecule has 0 radical (unpaired) electrons. The third kappa shape index (κ3) is 2.41. The third-order valence-corrected chi connectivity index (χ3v) is 5.60. The molecule has 4 heterocycles. The van der Waals surface area contributed by atoms with E-state index in [4.69, 9.17) is 0 Å². The van der Waals surface area contributed by atoms with Crippen LogP contribution in [0.1, 0.15) is 29.8 Å². The van der Waals surface area contributed by atoms with E-state index in [0.29, 0.717) is 31.6 Å². The van der Waals surface area contributed by atoms with Crippen LogP contribution in [0.3, 0.4) is 0 Å². The lowest BCUT2D eigenvalue weighted by atomic mass is 9.85. The second kappa shape index (κ2) is 6.01. The minimum absolute atomic E-state index is 0.0540. The molecule has 8 heteroatoms. The maximum absolute atomic E-state index is 13.1. The average molecular weight is 345 g/mol. The van der Waals surface area contributed by atoms with Crippen molar-refractivity contribution in [3.05, 3.63) is 35.0 Å². The van der Waals surface area contributed by atoms with E-state index in [-0.39, 0.29) is 11.8 Å². The molecule has 0 bridgehead atoms. The molecule has 0 spiro atoms. The van der Waals surface area contributed by atoms with Crippen LogP contribution in [0.5, 0.6) is 0 Å². The van der Waals surface area contributed by atoms with E-state index >= 15 is 0 Å². The van der Waals surface area contributed by atoms with Crippen molar-refractivity contribution >= 4 is 23.2 Å². The van der Waals surface area contributed by atoms with Crippen LogP contribution in [0.15, 0.2) is 29.4 Å². The summed E-state index contributed by atoms with van der Waals surface area (Å²) in [6.45, 7) is 2.72. The second-order valence-electron chi connectivity index (χ2n) is 6.29. The van der Waals surface area contributed by atoms with E-state index in [1.165, 1.54) is 11.3 Å². The van der Waals surface area contributed by atoms with Gasteiger partial charge in [-0.25, -0.2) is 4.98 Å². The molecule has 0 aliphatic carbocycles. The van der Waals surface area contributed by atoms with Gasteiger partial charge < -0.3 is 9.80 Å². The number of nitrogens with zero attached hydrogens (tertiary/aromatic N) is 5. The molecule has 0 saturated carbocycles. The molecule has 0 N–H and O–H groups in total.